The Morgan fingerprint density at radius 2 is 1.81 bits per heavy atom. The Kier molecular flexibility index (Phi) is 5.49. The molecule has 136 valence electrons. The predicted octanol–water partition coefficient (Wildman–Crippen LogP) is 2.99. The number of aromatic nitrogens is 2. The summed E-state index contributed by atoms with van der Waals surface area (Å²) in [5.74, 6) is 0.248. The van der Waals surface area contributed by atoms with Gasteiger partial charge in [-0.15, -0.1) is 0 Å². The van der Waals surface area contributed by atoms with Crippen LogP contribution in [0, 0.1) is 13.8 Å². The maximum atomic E-state index is 12.7. The third-order valence-corrected chi connectivity index (χ3v) is 5.88. The van der Waals surface area contributed by atoms with Gasteiger partial charge in [0.25, 0.3) is 0 Å². The zero-order chi connectivity index (χ0) is 18.6. The Labute approximate surface area is 153 Å². The fourth-order valence-corrected chi connectivity index (χ4v) is 4.35. The highest BCUT2D eigenvalue weighted by Gasteiger charge is 2.25. The van der Waals surface area contributed by atoms with Gasteiger partial charge in [0.2, 0.25) is 10.0 Å². The van der Waals surface area contributed by atoms with Crippen LogP contribution in [-0.4, -0.2) is 25.1 Å². The van der Waals surface area contributed by atoms with E-state index in [0.29, 0.717) is 12.1 Å². The number of hydrogen-bond donors (Lipinski definition) is 1. The van der Waals surface area contributed by atoms with Crippen LogP contribution in [0.4, 0.5) is 0 Å². The Bertz CT molecular complexity index is 935. The smallest absolute Gasteiger partial charge is 0.245 e. The second-order valence-corrected chi connectivity index (χ2v) is 7.84. The van der Waals surface area contributed by atoms with Crippen LogP contribution in [0.5, 0.6) is 0 Å². The molecule has 1 N–H and O–H groups in total. The number of benzene rings is 1. The normalized spacial score (nSPS) is 12.8. The third-order valence-electron chi connectivity index (χ3n) is 4.21. The minimum Gasteiger partial charge on any atom is -0.360 e. The van der Waals surface area contributed by atoms with Crippen molar-refractivity contribution in [2.24, 2.45) is 0 Å². The van der Waals surface area contributed by atoms with Crippen LogP contribution < -0.4 is 4.72 Å². The standard InChI is InChI=1S/C19H21N3O3S/c1-14-19(15(2)25-22-14)26(23,24)21-13-17(16-8-4-3-5-9-16)12-18-10-6-7-11-20-18/h3-11,17,21H,12-13H2,1-2H3. The lowest BCUT2D eigenvalue weighted by Gasteiger charge is -2.18. The van der Waals surface area contributed by atoms with Crippen molar-refractivity contribution in [1.82, 2.24) is 14.9 Å². The van der Waals surface area contributed by atoms with E-state index < -0.39 is 10.0 Å². The van der Waals surface area contributed by atoms with Crippen molar-refractivity contribution in [2.45, 2.75) is 31.1 Å². The molecule has 2 aromatic heterocycles. The summed E-state index contributed by atoms with van der Waals surface area (Å²) in [6.07, 6.45) is 2.38. The summed E-state index contributed by atoms with van der Waals surface area (Å²) < 4.78 is 33.1. The van der Waals surface area contributed by atoms with E-state index in [2.05, 4.69) is 14.9 Å². The first-order valence-corrected chi connectivity index (χ1v) is 9.83. The molecular weight excluding hydrogens is 350 g/mol. The lowest BCUT2D eigenvalue weighted by molar-refractivity contribution is 0.390. The third kappa shape index (κ3) is 4.17. The second kappa shape index (κ2) is 7.80. The van der Waals surface area contributed by atoms with Crippen LogP contribution in [0.25, 0.3) is 0 Å². The topological polar surface area (TPSA) is 85.1 Å². The van der Waals surface area contributed by atoms with Gasteiger partial charge in [0, 0.05) is 24.4 Å². The van der Waals surface area contributed by atoms with Gasteiger partial charge < -0.3 is 4.52 Å². The highest BCUT2D eigenvalue weighted by molar-refractivity contribution is 7.89. The molecule has 0 bridgehead atoms. The van der Waals surface area contributed by atoms with E-state index in [9.17, 15) is 8.42 Å². The highest BCUT2D eigenvalue weighted by Crippen LogP contribution is 2.22. The Balaban J connectivity index is 1.82. The summed E-state index contributed by atoms with van der Waals surface area (Å²) in [4.78, 5) is 4.48. The molecule has 0 aliphatic heterocycles. The van der Waals surface area contributed by atoms with Gasteiger partial charge in [0.1, 0.15) is 10.6 Å². The van der Waals surface area contributed by atoms with E-state index in [-0.39, 0.29) is 23.1 Å². The molecule has 1 unspecified atom stereocenters. The quantitative estimate of drug-likeness (QED) is 0.690. The molecule has 0 radical (unpaired) electrons. The van der Waals surface area contributed by atoms with Crippen molar-refractivity contribution >= 4 is 10.0 Å². The molecule has 3 aromatic rings. The van der Waals surface area contributed by atoms with Gasteiger partial charge in [0.15, 0.2) is 5.76 Å². The molecule has 7 heteroatoms. The number of rotatable bonds is 7. The van der Waals surface area contributed by atoms with Crippen molar-refractivity contribution in [1.29, 1.82) is 0 Å². The van der Waals surface area contributed by atoms with Gasteiger partial charge >= 0.3 is 0 Å². The van der Waals surface area contributed by atoms with Crippen molar-refractivity contribution in [3.8, 4) is 0 Å². The number of aryl methyl sites for hydroxylation is 2. The van der Waals surface area contributed by atoms with E-state index in [4.69, 9.17) is 4.52 Å². The summed E-state index contributed by atoms with van der Waals surface area (Å²) in [7, 11) is -3.70. The van der Waals surface area contributed by atoms with Gasteiger partial charge in [-0.2, -0.15) is 0 Å². The maximum Gasteiger partial charge on any atom is 0.245 e. The summed E-state index contributed by atoms with van der Waals surface area (Å²) in [5.41, 5.74) is 2.33. The molecule has 0 spiro atoms. The summed E-state index contributed by atoms with van der Waals surface area (Å²) >= 11 is 0. The van der Waals surface area contributed by atoms with Gasteiger partial charge in [-0.1, -0.05) is 41.6 Å². The monoisotopic (exact) mass is 371 g/mol. The Morgan fingerprint density at radius 3 is 2.42 bits per heavy atom. The van der Waals surface area contributed by atoms with E-state index in [0.717, 1.165) is 11.3 Å². The molecule has 1 atom stereocenters. The minimum absolute atomic E-state index is 0.0404. The van der Waals surface area contributed by atoms with Crippen LogP contribution in [0.15, 0.2) is 64.1 Å². The fourth-order valence-electron chi connectivity index (χ4n) is 2.95. The number of pyridine rings is 1. The molecule has 0 amide bonds. The number of nitrogens with one attached hydrogen (secondary N) is 1. The largest absolute Gasteiger partial charge is 0.360 e. The SMILES string of the molecule is Cc1noc(C)c1S(=O)(=O)NCC(Cc1ccccn1)c1ccccc1. The van der Waals surface area contributed by atoms with Crippen LogP contribution in [0.2, 0.25) is 0 Å². The van der Waals surface area contributed by atoms with E-state index in [1.807, 2.05) is 48.5 Å². The van der Waals surface area contributed by atoms with Crippen LogP contribution >= 0.6 is 0 Å². The number of hydrogen-bond acceptors (Lipinski definition) is 5. The number of nitrogens with zero attached hydrogens (tertiary/aromatic N) is 2. The molecule has 0 saturated heterocycles. The molecule has 1 aromatic carbocycles. The van der Waals surface area contributed by atoms with Crippen LogP contribution in [0.3, 0.4) is 0 Å². The van der Waals surface area contributed by atoms with Gasteiger partial charge in [-0.05, 0) is 38.0 Å². The molecular formula is C19H21N3O3S. The van der Waals surface area contributed by atoms with E-state index >= 15 is 0 Å². The lowest BCUT2D eigenvalue weighted by Crippen LogP contribution is -2.30. The van der Waals surface area contributed by atoms with Gasteiger partial charge in [0.05, 0.1) is 0 Å². The first kappa shape index (κ1) is 18.3. The molecule has 2 heterocycles. The molecule has 3 rings (SSSR count). The Hall–Kier alpha value is -2.51. The maximum absolute atomic E-state index is 12.7. The van der Waals surface area contributed by atoms with Crippen LogP contribution in [0.1, 0.15) is 28.6 Å². The highest BCUT2D eigenvalue weighted by atomic mass is 32.2. The molecule has 0 aliphatic rings. The van der Waals surface area contributed by atoms with Crippen molar-refractivity contribution in [2.75, 3.05) is 6.54 Å². The summed E-state index contributed by atoms with van der Waals surface area (Å²) in [6, 6.07) is 15.6. The van der Waals surface area contributed by atoms with Gasteiger partial charge in [-0.3, -0.25) is 4.98 Å². The summed E-state index contributed by atoms with van der Waals surface area (Å²) in [6.45, 7) is 3.47. The van der Waals surface area contributed by atoms with Gasteiger partial charge in [-0.25, -0.2) is 13.1 Å². The minimum atomic E-state index is -3.70. The molecule has 26 heavy (non-hydrogen) atoms. The van der Waals surface area contributed by atoms with Crippen LogP contribution in [-0.2, 0) is 16.4 Å². The van der Waals surface area contributed by atoms with E-state index in [1.165, 1.54) is 0 Å². The molecule has 0 aliphatic carbocycles. The first-order valence-electron chi connectivity index (χ1n) is 8.35. The average Bonchev–Trinajstić information content (AvgIpc) is 2.99. The second-order valence-electron chi connectivity index (χ2n) is 6.14. The summed E-state index contributed by atoms with van der Waals surface area (Å²) in [5, 5.41) is 3.73. The van der Waals surface area contributed by atoms with Crippen molar-refractivity contribution in [3.05, 3.63) is 77.4 Å². The molecule has 6 nitrogen and oxygen atoms in total. The predicted molar refractivity (Wildman–Crippen MR) is 98.3 cm³/mol. The molecule has 0 saturated carbocycles. The zero-order valence-electron chi connectivity index (χ0n) is 14.7. The average molecular weight is 371 g/mol. The van der Waals surface area contributed by atoms with Crippen molar-refractivity contribution in [3.63, 3.8) is 0 Å². The first-order chi connectivity index (χ1) is 12.5. The zero-order valence-corrected chi connectivity index (χ0v) is 15.5. The van der Waals surface area contributed by atoms with E-state index in [1.54, 1.807) is 20.0 Å². The lowest BCUT2D eigenvalue weighted by atomic mass is 9.94. The molecule has 0 fully saturated rings. The van der Waals surface area contributed by atoms with Crippen molar-refractivity contribution < 1.29 is 12.9 Å². The Morgan fingerprint density at radius 1 is 1.08 bits per heavy atom. The number of sulfonamides is 1. The fraction of sp³-hybridized carbons (Fsp3) is 0.263.